The zero-order chi connectivity index (χ0) is 17.9. The number of ether oxygens (including phenoxy) is 1. The number of rotatable bonds is 5. The Hall–Kier alpha value is -2.86. The minimum Gasteiger partial charge on any atom is -0.487 e. The number of hydrogen-bond acceptors (Lipinski definition) is 4. The summed E-state index contributed by atoms with van der Waals surface area (Å²) in [7, 11) is 0. The maximum absolute atomic E-state index is 13.2. The van der Waals surface area contributed by atoms with Crippen molar-refractivity contribution in [2.75, 3.05) is 0 Å². The maximum Gasteiger partial charge on any atom is 0.234 e. The molecule has 0 spiro atoms. The van der Waals surface area contributed by atoms with E-state index in [9.17, 15) is 4.39 Å². The normalized spacial score (nSPS) is 11.0. The van der Waals surface area contributed by atoms with Crippen molar-refractivity contribution in [2.24, 2.45) is 0 Å². The summed E-state index contributed by atoms with van der Waals surface area (Å²) in [6.07, 6.45) is 5.65. The zero-order valence-corrected chi connectivity index (χ0v) is 14.9. The summed E-state index contributed by atoms with van der Waals surface area (Å²) >= 11 is 1.55. The molecule has 4 rings (SSSR count). The van der Waals surface area contributed by atoms with Gasteiger partial charge in [0.1, 0.15) is 18.2 Å². The van der Waals surface area contributed by atoms with Crippen LogP contribution >= 0.6 is 11.8 Å². The minimum absolute atomic E-state index is 0.224. The van der Waals surface area contributed by atoms with Gasteiger partial charge in [0.25, 0.3) is 0 Å². The Labute approximate surface area is 154 Å². The summed E-state index contributed by atoms with van der Waals surface area (Å²) in [4.78, 5) is 10.8. The first-order valence-corrected chi connectivity index (χ1v) is 8.94. The van der Waals surface area contributed by atoms with Crippen LogP contribution in [0.5, 0.6) is 5.75 Å². The van der Waals surface area contributed by atoms with Crippen LogP contribution in [0.4, 0.5) is 4.39 Å². The molecule has 4 nitrogen and oxygen atoms in total. The molecule has 0 N–H and O–H groups in total. The molecule has 0 aliphatic rings. The van der Waals surface area contributed by atoms with Gasteiger partial charge in [-0.2, -0.15) is 0 Å². The van der Waals surface area contributed by atoms with Crippen molar-refractivity contribution in [2.45, 2.75) is 23.3 Å². The molecule has 0 atom stereocenters. The molecule has 0 aliphatic carbocycles. The van der Waals surface area contributed by atoms with Crippen LogP contribution in [0, 0.1) is 12.7 Å². The lowest BCUT2D eigenvalue weighted by atomic mass is 10.2. The van der Waals surface area contributed by atoms with Crippen LogP contribution in [0.1, 0.15) is 11.3 Å². The van der Waals surface area contributed by atoms with E-state index >= 15 is 0 Å². The van der Waals surface area contributed by atoms with E-state index in [-0.39, 0.29) is 5.82 Å². The largest absolute Gasteiger partial charge is 0.487 e. The van der Waals surface area contributed by atoms with Gasteiger partial charge in [-0.25, -0.2) is 14.4 Å². The molecule has 26 heavy (non-hydrogen) atoms. The number of hydrogen-bond donors (Lipinski definition) is 0. The molecule has 0 fully saturated rings. The number of aromatic nitrogens is 3. The van der Waals surface area contributed by atoms with Crippen LogP contribution < -0.4 is 4.74 Å². The Morgan fingerprint density at radius 2 is 1.96 bits per heavy atom. The number of aryl methyl sites for hydroxylation is 1. The predicted octanol–water partition coefficient (Wildman–Crippen LogP) is 4.91. The fourth-order valence-electron chi connectivity index (χ4n) is 2.57. The van der Waals surface area contributed by atoms with Crippen molar-refractivity contribution < 1.29 is 9.13 Å². The van der Waals surface area contributed by atoms with E-state index in [1.165, 1.54) is 12.1 Å². The van der Waals surface area contributed by atoms with Gasteiger partial charge in [-0.05, 0) is 42.8 Å². The lowest BCUT2D eigenvalue weighted by Gasteiger charge is -2.05. The van der Waals surface area contributed by atoms with E-state index in [0.29, 0.717) is 12.4 Å². The summed E-state index contributed by atoms with van der Waals surface area (Å²) in [5, 5.41) is 0. The highest BCUT2D eigenvalue weighted by Gasteiger charge is 2.07. The average molecular weight is 365 g/mol. The first-order valence-electron chi connectivity index (χ1n) is 8.13. The lowest BCUT2D eigenvalue weighted by molar-refractivity contribution is 0.302. The summed E-state index contributed by atoms with van der Waals surface area (Å²) in [5.41, 5.74) is 1.71. The smallest absolute Gasteiger partial charge is 0.234 e. The first-order chi connectivity index (χ1) is 12.7. The Morgan fingerprint density at radius 1 is 1.12 bits per heavy atom. The van der Waals surface area contributed by atoms with Crippen molar-refractivity contribution in [3.8, 4) is 5.75 Å². The second kappa shape index (κ2) is 7.17. The highest BCUT2D eigenvalue weighted by molar-refractivity contribution is 7.99. The highest BCUT2D eigenvalue weighted by Crippen LogP contribution is 2.30. The average Bonchev–Trinajstić information content (AvgIpc) is 3.05. The van der Waals surface area contributed by atoms with Gasteiger partial charge in [0.15, 0.2) is 0 Å². The number of benzene rings is 2. The second-order valence-corrected chi connectivity index (χ2v) is 6.96. The third-order valence-corrected chi connectivity index (χ3v) is 4.96. The number of halogens is 1. The standard InChI is InChI=1S/C20H16FN3OS/c1-14-9-15(21)7-8-19(14)26-18-10-22-20-23-16(11-24(20)12-18)13-25-17-5-3-2-4-6-17/h2-12H,13H2,1H3. The Balaban J connectivity index is 1.52. The van der Waals surface area contributed by atoms with E-state index in [0.717, 1.165) is 26.8 Å². The lowest BCUT2D eigenvalue weighted by Crippen LogP contribution is -1.94. The molecule has 2 heterocycles. The van der Waals surface area contributed by atoms with Gasteiger partial charge in [-0.3, -0.25) is 4.40 Å². The molecule has 0 amide bonds. The van der Waals surface area contributed by atoms with Gasteiger partial charge >= 0.3 is 0 Å². The molecule has 2 aromatic heterocycles. The monoisotopic (exact) mass is 365 g/mol. The summed E-state index contributed by atoms with van der Waals surface area (Å²) in [6, 6.07) is 14.4. The molecule has 6 heteroatoms. The molecule has 0 aliphatic heterocycles. The van der Waals surface area contributed by atoms with Crippen LogP contribution in [-0.2, 0) is 6.61 Å². The zero-order valence-electron chi connectivity index (χ0n) is 14.1. The van der Waals surface area contributed by atoms with E-state index in [2.05, 4.69) is 9.97 Å². The fourth-order valence-corrected chi connectivity index (χ4v) is 3.45. The van der Waals surface area contributed by atoms with Crippen LogP contribution in [0.25, 0.3) is 5.78 Å². The molecule has 0 saturated heterocycles. The van der Waals surface area contributed by atoms with E-state index in [1.54, 1.807) is 24.0 Å². The third-order valence-electron chi connectivity index (χ3n) is 3.83. The minimum atomic E-state index is -0.224. The van der Waals surface area contributed by atoms with Crippen molar-refractivity contribution in [3.05, 3.63) is 84.2 Å². The Kier molecular flexibility index (Phi) is 4.58. The molecule has 0 radical (unpaired) electrons. The topological polar surface area (TPSA) is 39.4 Å². The van der Waals surface area contributed by atoms with Gasteiger partial charge in [0.05, 0.1) is 5.69 Å². The summed E-state index contributed by atoms with van der Waals surface area (Å²) < 4.78 is 20.9. The van der Waals surface area contributed by atoms with Gasteiger partial charge in [0, 0.05) is 28.4 Å². The summed E-state index contributed by atoms with van der Waals surface area (Å²) in [5.74, 6) is 1.20. The van der Waals surface area contributed by atoms with Crippen LogP contribution in [-0.4, -0.2) is 14.4 Å². The Morgan fingerprint density at radius 3 is 2.77 bits per heavy atom. The molecule has 2 aromatic carbocycles. The third kappa shape index (κ3) is 3.70. The van der Waals surface area contributed by atoms with Crippen LogP contribution in [0.15, 0.2) is 76.9 Å². The van der Waals surface area contributed by atoms with E-state index in [4.69, 9.17) is 4.74 Å². The molecule has 0 saturated carbocycles. The molecule has 0 unspecified atom stereocenters. The SMILES string of the molecule is Cc1cc(F)ccc1Sc1cnc2nc(COc3ccccc3)cn2c1. The van der Waals surface area contributed by atoms with Gasteiger partial charge < -0.3 is 4.74 Å². The number of nitrogens with zero attached hydrogens (tertiary/aromatic N) is 3. The highest BCUT2D eigenvalue weighted by atomic mass is 32.2. The predicted molar refractivity (Wildman–Crippen MR) is 99.0 cm³/mol. The molecular formula is C20H16FN3OS. The Bertz CT molecular complexity index is 1050. The van der Waals surface area contributed by atoms with Crippen molar-refractivity contribution in [1.29, 1.82) is 0 Å². The number of para-hydroxylation sites is 1. The van der Waals surface area contributed by atoms with Gasteiger partial charge in [0.2, 0.25) is 5.78 Å². The quantitative estimate of drug-likeness (QED) is 0.504. The fraction of sp³-hybridized carbons (Fsp3) is 0.100. The van der Waals surface area contributed by atoms with E-state index in [1.807, 2.05) is 54.0 Å². The van der Waals surface area contributed by atoms with E-state index < -0.39 is 0 Å². The van der Waals surface area contributed by atoms with Crippen molar-refractivity contribution in [3.63, 3.8) is 0 Å². The van der Waals surface area contributed by atoms with Gasteiger partial charge in [-0.15, -0.1) is 0 Å². The molecule has 130 valence electrons. The van der Waals surface area contributed by atoms with Crippen LogP contribution in [0.3, 0.4) is 0 Å². The van der Waals surface area contributed by atoms with Crippen molar-refractivity contribution in [1.82, 2.24) is 14.4 Å². The number of imidazole rings is 1. The molecule has 0 bridgehead atoms. The van der Waals surface area contributed by atoms with Gasteiger partial charge in [-0.1, -0.05) is 30.0 Å². The van der Waals surface area contributed by atoms with Crippen LogP contribution in [0.2, 0.25) is 0 Å². The summed E-state index contributed by atoms with van der Waals surface area (Å²) in [6.45, 7) is 2.28. The first kappa shape index (κ1) is 16.6. The number of fused-ring (bicyclic) bond motifs is 1. The van der Waals surface area contributed by atoms with Crippen molar-refractivity contribution >= 4 is 17.5 Å². The second-order valence-electron chi connectivity index (χ2n) is 5.84. The molecular weight excluding hydrogens is 349 g/mol. The maximum atomic E-state index is 13.2. The molecule has 4 aromatic rings.